The van der Waals surface area contributed by atoms with Crippen molar-refractivity contribution < 1.29 is 24.4 Å². The number of hydrogen-bond donors (Lipinski definition) is 5. The van der Waals surface area contributed by atoms with Crippen LogP contribution in [0.3, 0.4) is 0 Å². The summed E-state index contributed by atoms with van der Waals surface area (Å²) in [6, 6.07) is 6.78. The highest BCUT2D eigenvalue weighted by molar-refractivity contribution is 6.43. The summed E-state index contributed by atoms with van der Waals surface area (Å²) in [4.78, 5) is 37.7. The maximum absolute atomic E-state index is 12.3. The van der Waals surface area contributed by atoms with E-state index >= 15 is 0 Å². The summed E-state index contributed by atoms with van der Waals surface area (Å²) in [6.07, 6.45) is 4.38. The molecular formula is C20H31BN4O5. The monoisotopic (exact) mass is 418 g/mol. The molecule has 0 saturated carbocycles. The third kappa shape index (κ3) is 7.44. The zero-order valence-electron chi connectivity index (χ0n) is 17.2. The van der Waals surface area contributed by atoms with E-state index in [-0.39, 0.29) is 24.3 Å². The van der Waals surface area contributed by atoms with Gasteiger partial charge in [-0.1, -0.05) is 18.6 Å². The van der Waals surface area contributed by atoms with Crippen LogP contribution in [0.15, 0.2) is 24.3 Å². The molecule has 164 valence electrons. The molecule has 1 saturated heterocycles. The van der Waals surface area contributed by atoms with Gasteiger partial charge < -0.3 is 31.3 Å². The second-order valence-corrected chi connectivity index (χ2v) is 7.47. The Balaban J connectivity index is 1.74. The number of carbonyl (C=O) groups excluding carboxylic acids is 3. The van der Waals surface area contributed by atoms with Gasteiger partial charge in [-0.3, -0.25) is 14.4 Å². The molecule has 1 aromatic carbocycles. The van der Waals surface area contributed by atoms with E-state index in [1.165, 1.54) is 4.90 Å². The van der Waals surface area contributed by atoms with Crippen molar-refractivity contribution in [2.45, 2.75) is 51.0 Å². The molecular weight excluding hydrogens is 387 g/mol. The second kappa shape index (κ2) is 12.3. The first kappa shape index (κ1) is 23.9. The van der Waals surface area contributed by atoms with Crippen molar-refractivity contribution in [3.63, 3.8) is 0 Å². The molecule has 0 radical (unpaired) electrons. The summed E-state index contributed by atoms with van der Waals surface area (Å²) in [7, 11) is -1.58. The molecule has 1 heterocycles. The summed E-state index contributed by atoms with van der Waals surface area (Å²) in [5.41, 5.74) is 6.70. The number of likely N-dealkylation sites (tertiary alicyclic amines) is 1. The molecule has 10 heteroatoms. The van der Waals surface area contributed by atoms with E-state index in [0.717, 1.165) is 24.8 Å². The predicted molar refractivity (Wildman–Crippen MR) is 113 cm³/mol. The predicted octanol–water partition coefficient (Wildman–Crippen LogP) is -0.445. The van der Waals surface area contributed by atoms with Crippen molar-refractivity contribution in [2.75, 3.05) is 19.6 Å². The number of rotatable bonds is 11. The maximum Gasteiger partial charge on any atom is 0.475 e. The number of amides is 3. The van der Waals surface area contributed by atoms with Crippen LogP contribution in [-0.4, -0.2) is 65.4 Å². The Morgan fingerprint density at radius 1 is 1.10 bits per heavy atom. The topological polar surface area (TPSA) is 145 Å². The Labute approximate surface area is 177 Å². The first-order valence-corrected chi connectivity index (χ1v) is 10.4. The van der Waals surface area contributed by atoms with Gasteiger partial charge >= 0.3 is 7.12 Å². The molecule has 1 aliphatic heterocycles. The van der Waals surface area contributed by atoms with Crippen molar-refractivity contribution in [1.82, 2.24) is 15.5 Å². The van der Waals surface area contributed by atoms with Crippen LogP contribution in [0.1, 0.15) is 54.4 Å². The largest absolute Gasteiger partial charge is 0.475 e. The molecule has 0 aliphatic carbocycles. The quantitative estimate of drug-likeness (QED) is 0.243. The number of carbonyl (C=O) groups is 3. The molecule has 6 N–H and O–H groups in total. The summed E-state index contributed by atoms with van der Waals surface area (Å²) < 4.78 is 0. The highest BCUT2D eigenvalue weighted by Gasteiger charge is 2.36. The van der Waals surface area contributed by atoms with Gasteiger partial charge in [0.2, 0.25) is 11.8 Å². The zero-order valence-corrected chi connectivity index (χ0v) is 17.2. The third-order valence-electron chi connectivity index (χ3n) is 5.18. The first-order valence-electron chi connectivity index (χ1n) is 10.4. The van der Waals surface area contributed by atoms with Gasteiger partial charge in [0.05, 0.1) is 12.5 Å². The molecule has 1 aromatic rings. The van der Waals surface area contributed by atoms with Crippen LogP contribution in [0.5, 0.6) is 0 Å². The highest BCUT2D eigenvalue weighted by Crippen LogP contribution is 2.17. The SMILES string of the molecule is NCCCCCC(=O)NCc1ccc(C(=O)NCC(=O)N2CCCC2B(O)O)cc1. The first-order chi connectivity index (χ1) is 14.4. The fourth-order valence-corrected chi connectivity index (χ4v) is 3.44. The van der Waals surface area contributed by atoms with Crippen LogP contribution in [0.25, 0.3) is 0 Å². The number of nitrogens with one attached hydrogen (secondary N) is 2. The maximum atomic E-state index is 12.3. The molecule has 1 unspecified atom stereocenters. The molecule has 2 rings (SSSR count). The van der Waals surface area contributed by atoms with E-state index in [9.17, 15) is 24.4 Å². The number of hydrogen-bond acceptors (Lipinski definition) is 6. The van der Waals surface area contributed by atoms with Crippen LogP contribution >= 0.6 is 0 Å². The number of unbranched alkanes of at least 4 members (excludes halogenated alkanes) is 2. The Morgan fingerprint density at radius 2 is 1.83 bits per heavy atom. The van der Waals surface area contributed by atoms with Crippen molar-refractivity contribution >= 4 is 24.8 Å². The van der Waals surface area contributed by atoms with Gasteiger partial charge in [0.25, 0.3) is 5.91 Å². The lowest BCUT2D eigenvalue weighted by molar-refractivity contribution is -0.130. The highest BCUT2D eigenvalue weighted by atomic mass is 16.4. The summed E-state index contributed by atoms with van der Waals surface area (Å²) in [5.74, 6) is -1.37. The van der Waals surface area contributed by atoms with Gasteiger partial charge in [-0.25, -0.2) is 0 Å². The minimum Gasteiger partial charge on any atom is -0.426 e. The van der Waals surface area contributed by atoms with Crippen LogP contribution in [0.2, 0.25) is 0 Å². The standard InChI is InChI=1S/C20H31BN4O5/c22-11-3-1-2-6-18(26)23-13-15-7-9-16(10-8-15)20(28)24-14-19(27)25-12-4-5-17(25)21(29)30/h7-10,17,29-30H,1-6,11-14,22H2,(H,23,26)(H,24,28). The Morgan fingerprint density at radius 3 is 2.50 bits per heavy atom. The van der Waals surface area contributed by atoms with E-state index in [0.29, 0.717) is 44.5 Å². The van der Waals surface area contributed by atoms with Crippen molar-refractivity contribution in [3.05, 3.63) is 35.4 Å². The molecule has 9 nitrogen and oxygen atoms in total. The Bertz CT molecular complexity index is 714. The lowest BCUT2D eigenvalue weighted by Crippen LogP contribution is -2.48. The van der Waals surface area contributed by atoms with Crippen LogP contribution < -0.4 is 16.4 Å². The van der Waals surface area contributed by atoms with Crippen molar-refractivity contribution in [2.24, 2.45) is 5.73 Å². The smallest absolute Gasteiger partial charge is 0.426 e. The van der Waals surface area contributed by atoms with Crippen LogP contribution in [-0.2, 0) is 16.1 Å². The number of nitrogens with zero attached hydrogens (tertiary/aromatic N) is 1. The molecule has 1 atom stereocenters. The molecule has 0 bridgehead atoms. The minimum absolute atomic E-state index is 0.0134. The summed E-state index contributed by atoms with van der Waals surface area (Å²) >= 11 is 0. The van der Waals surface area contributed by atoms with Gasteiger partial charge in [-0.15, -0.1) is 0 Å². The van der Waals surface area contributed by atoms with Crippen molar-refractivity contribution in [1.29, 1.82) is 0 Å². The zero-order chi connectivity index (χ0) is 21.9. The average molecular weight is 418 g/mol. The summed E-state index contributed by atoms with van der Waals surface area (Å²) in [5, 5.41) is 24.1. The van der Waals surface area contributed by atoms with E-state index < -0.39 is 13.1 Å². The molecule has 30 heavy (non-hydrogen) atoms. The van der Waals surface area contributed by atoms with Crippen molar-refractivity contribution in [3.8, 4) is 0 Å². The summed E-state index contributed by atoms with van der Waals surface area (Å²) in [6.45, 7) is 1.27. The van der Waals surface area contributed by atoms with E-state index in [1.807, 2.05) is 0 Å². The van der Waals surface area contributed by atoms with Gasteiger partial charge in [0, 0.05) is 25.1 Å². The minimum atomic E-state index is -1.58. The fourth-order valence-electron chi connectivity index (χ4n) is 3.44. The third-order valence-corrected chi connectivity index (χ3v) is 5.18. The molecule has 1 fully saturated rings. The average Bonchev–Trinajstić information content (AvgIpc) is 3.24. The fraction of sp³-hybridized carbons (Fsp3) is 0.550. The van der Waals surface area contributed by atoms with Gasteiger partial charge in [-0.05, 0) is 49.9 Å². The van der Waals surface area contributed by atoms with E-state index in [2.05, 4.69) is 10.6 Å². The van der Waals surface area contributed by atoms with E-state index in [1.54, 1.807) is 24.3 Å². The Kier molecular flexibility index (Phi) is 9.79. The molecule has 0 spiro atoms. The van der Waals surface area contributed by atoms with Gasteiger partial charge in [0.1, 0.15) is 0 Å². The molecule has 0 aromatic heterocycles. The van der Waals surface area contributed by atoms with Gasteiger partial charge in [0.15, 0.2) is 0 Å². The molecule has 1 aliphatic rings. The number of benzene rings is 1. The lowest BCUT2D eigenvalue weighted by atomic mass is 9.78. The normalized spacial score (nSPS) is 15.7. The van der Waals surface area contributed by atoms with Crippen LogP contribution in [0, 0.1) is 0 Å². The van der Waals surface area contributed by atoms with Gasteiger partial charge in [-0.2, -0.15) is 0 Å². The Hall–Kier alpha value is -2.43. The van der Waals surface area contributed by atoms with Crippen LogP contribution in [0.4, 0.5) is 0 Å². The molecule has 3 amide bonds. The van der Waals surface area contributed by atoms with E-state index in [4.69, 9.17) is 5.73 Å². The lowest BCUT2D eigenvalue weighted by Gasteiger charge is -2.24. The number of nitrogens with two attached hydrogens (primary N) is 1. The second-order valence-electron chi connectivity index (χ2n) is 7.47.